The molecule has 0 aromatic heterocycles. The van der Waals surface area contributed by atoms with E-state index in [4.69, 9.17) is 0 Å². The number of benzene rings is 2. The van der Waals surface area contributed by atoms with Gasteiger partial charge in [-0.2, -0.15) is 8.61 Å². The van der Waals surface area contributed by atoms with Gasteiger partial charge in [-0.25, -0.2) is 21.2 Å². The van der Waals surface area contributed by atoms with Crippen LogP contribution in [0.25, 0.3) is 0 Å². The molecule has 0 atom stereocenters. The summed E-state index contributed by atoms with van der Waals surface area (Å²) in [6.07, 6.45) is 0. The monoisotopic (exact) mass is 485 g/mol. The first-order valence-electron chi connectivity index (χ1n) is 10.0. The van der Waals surface area contributed by atoms with Crippen LogP contribution < -0.4 is 5.32 Å². The van der Waals surface area contributed by atoms with Crippen LogP contribution in [-0.4, -0.2) is 57.5 Å². The van der Waals surface area contributed by atoms with Crippen molar-refractivity contribution in [2.45, 2.75) is 43.5 Å². The molecule has 0 saturated heterocycles. The standard InChI is InChI=1S/C21H28FN3O5S2/c1-6-25(7-2)32(29,30)20-14-16(8-13-19(20)22)21(26)23-17-9-11-18(12-10-17)31(27,28)24(5)15(3)4/h8-15H,6-7H2,1-5H3,(H,23,26). The molecule has 0 aliphatic heterocycles. The van der Waals surface area contributed by atoms with E-state index in [0.717, 1.165) is 16.4 Å². The van der Waals surface area contributed by atoms with Crippen LogP contribution in [0.15, 0.2) is 52.3 Å². The molecule has 2 aromatic rings. The molecule has 1 amide bonds. The fraction of sp³-hybridized carbons (Fsp3) is 0.381. The normalized spacial score (nSPS) is 12.5. The van der Waals surface area contributed by atoms with Gasteiger partial charge in [-0.3, -0.25) is 4.79 Å². The largest absolute Gasteiger partial charge is 0.322 e. The summed E-state index contributed by atoms with van der Waals surface area (Å²) >= 11 is 0. The predicted molar refractivity (Wildman–Crippen MR) is 121 cm³/mol. The fourth-order valence-electron chi connectivity index (χ4n) is 2.90. The second-order valence-corrected chi connectivity index (χ2v) is 11.2. The minimum Gasteiger partial charge on any atom is -0.322 e. The topological polar surface area (TPSA) is 104 Å². The zero-order valence-electron chi connectivity index (χ0n) is 18.7. The molecule has 0 saturated carbocycles. The van der Waals surface area contributed by atoms with Crippen LogP contribution in [-0.2, 0) is 20.0 Å². The van der Waals surface area contributed by atoms with Crippen molar-refractivity contribution in [1.82, 2.24) is 8.61 Å². The van der Waals surface area contributed by atoms with Gasteiger partial charge in [0.05, 0.1) is 4.90 Å². The van der Waals surface area contributed by atoms with Gasteiger partial charge >= 0.3 is 0 Å². The number of amides is 1. The molecule has 11 heteroatoms. The molecule has 32 heavy (non-hydrogen) atoms. The van der Waals surface area contributed by atoms with E-state index in [2.05, 4.69) is 5.32 Å². The Bertz CT molecular complexity index is 1180. The maximum absolute atomic E-state index is 14.3. The summed E-state index contributed by atoms with van der Waals surface area (Å²) in [5, 5.41) is 2.57. The van der Waals surface area contributed by atoms with Crippen molar-refractivity contribution >= 4 is 31.6 Å². The average molecular weight is 486 g/mol. The van der Waals surface area contributed by atoms with Crippen molar-refractivity contribution in [1.29, 1.82) is 0 Å². The Morgan fingerprint density at radius 3 is 2.03 bits per heavy atom. The van der Waals surface area contributed by atoms with Gasteiger partial charge in [-0.05, 0) is 56.3 Å². The van der Waals surface area contributed by atoms with Crippen molar-refractivity contribution in [3.8, 4) is 0 Å². The number of sulfonamides is 2. The van der Waals surface area contributed by atoms with Crippen LogP contribution in [0.4, 0.5) is 10.1 Å². The lowest BCUT2D eigenvalue weighted by Gasteiger charge is -2.21. The number of halogens is 1. The molecule has 0 bridgehead atoms. The molecule has 0 fully saturated rings. The van der Waals surface area contributed by atoms with E-state index < -0.39 is 36.7 Å². The Hall–Kier alpha value is -2.34. The minimum absolute atomic E-state index is 0.0478. The molecule has 1 N–H and O–H groups in total. The van der Waals surface area contributed by atoms with E-state index in [1.165, 1.54) is 41.7 Å². The van der Waals surface area contributed by atoms with Gasteiger partial charge in [-0.15, -0.1) is 0 Å². The highest BCUT2D eigenvalue weighted by Gasteiger charge is 2.27. The lowest BCUT2D eigenvalue weighted by atomic mass is 10.2. The van der Waals surface area contributed by atoms with Crippen molar-refractivity contribution in [3.05, 3.63) is 53.8 Å². The zero-order chi connectivity index (χ0) is 24.3. The Morgan fingerprint density at radius 1 is 0.969 bits per heavy atom. The third-order valence-corrected chi connectivity index (χ3v) is 9.15. The highest BCUT2D eigenvalue weighted by Crippen LogP contribution is 2.23. The van der Waals surface area contributed by atoms with Crippen molar-refractivity contribution < 1.29 is 26.0 Å². The van der Waals surface area contributed by atoms with E-state index in [9.17, 15) is 26.0 Å². The number of anilines is 1. The Balaban J connectivity index is 2.29. The van der Waals surface area contributed by atoms with E-state index >= 15 is 0 Å². The quantitative estimate of drug-likeness (QED) is 0.588. The Kier molecular flexibility index (Phi) is 8.16. The number of nitrogens with zero attached hydrogens (tertiary/aromatic N) is 2. The number of carbonyl (C=O) groups is 1. The molecule has 2 rings (SSSR count). The molecule has 0 radical (unpaired) electrons. The molecule has 2 aromatic carbocycles. The first-order chi connectivity index (χ1) is 14.9. The number of hydrogen-bond acceptors (Lipinski definition) is 5. The van der Waals surface area contributed by atoms with E-state index in [0.29, 0.717) is 5.69 Å². The van der Waals surface area contributed by atoms with Crippen molar-refractivity contribution in [2.24, 2.45) is 0 Å². The number of carbonyl (C=O) groups excluding carboxylic acids is 1. The van der Waals surface area contributed by atoms with Gasteiger partial charge in [-0.1, -0.05) is 13.8 Å². The number of rotatable bonds is 9. The van der Waals surface area contributed by atoms with Crippen LogP contribution in [0.5, 0.6) is 0 Å². The third-order valence-electron chi connectivity index (χ3n) is 5.03. The van der Waals surface area contributed by atoms with Gasteiger partial charge in [0.1, 0.15) is 10.7 Å². The van der Waals surface area contributed by atoms with Gasteiger partial charge < -0.3 is 5.32 Å². The molecule has 8 nitrogen and oxygen atoms in total. The number of nitrogens with one attached hydrogen (secondary N) is 1. The summed E-state index contributed by atoms with van der Waals surface area (Å²) in [6, 6.07) is 8.47. The second kappa shape index (κ2) is 10.1. The van der Waals surface area contributed by atoms with Crippen LogP contribution >= 0.6 is 0 Å². The smallest absolute Gasteiger partial charge is 0.255 e. The first kappa shape index (κ1) is 25.9. The summed E-state index contributed by atoms with van der Waals surface area (Å²) in [5.41, 5.74) is 0.256. The molecule has 0 heterocycles. The molecule has 0 unspecified atom stereocenters. The molecule has 0 aliphatic rings. The summed E-state index contributed by atoms with van der Waals surface area (Å²) in [5.74, 6) is -1.60. The highest BCUT2D eigenvalue weighted by molar-refractivity contribution is 7.89. The predicted octanol–water partition coefficient (Wildman–Crippen LogP) is 3.14. The third kappa shape index (κ3) is 5.34. The maximum atomic E-state index is 14.3. The average Bonchev–Trinajstić information content (AvgIpc) is 2.74. The summed E-state index contributed by atoms with van der Waals surface area (Å²) in [7, 11) is -6.28. The highest BCUT2D eigenvalue weighted by atomic mass is 32.2. The van der Waals surface area contributed by atoms with Crippen LogP contribution in [0.3, 0.4) is 0 Å². The Labute approximate surface area is 189 Å². The van der Waals surface area contributed by atoms with Crippen LogP contribution in [0, 0.1) is 5.82 Å². The van der Waals surface area contributed by atoms with Gasteiger partial charge in [0.15, 0.2) is 0 Å². The SMILES string of the molecule is CCN(CC)S(=O)(=O)c1cc(C(=O)Nc2ccc(S(=O)(=O)N(C)C(C)C)cc2)ccc1F. The Morgan fingerprint density at radius 2 is 1.53 bits per heavy atom. The van der Waals surface area contributed by atoms with Gasteiger partial charge in [0.2, 0.25) is 20.0 Å². The summed E-state index contributed by atoms with van der Waals surface area (Å²) in [6.45, 7) is 7.11. The molecule has 176 valence electrons. The minimum atomic E-state index is -4.09. The first-order valence-corrected chi connectivity index (χ1v) is 12.9. The molecule has 0 spiro atoms. The van der Waals surface area contributed by atoms with Gasteiger partial charge in [0, 0.05) is 37.4 Å². The summed E-state index contributed by atoms with van der Waals surface area (Å²) in [4.78, 5) is 12.1. The van der Waals surface area contributed by atoms with Crippen LogP contribution in [0.1, 0.15) is 38.1 Å². The van der Waals surface area contributed by atoms with Gasteiger partial charge in [0.25, 0.3) is 5.91 Å². The number of hydrogen-bond donors (Lipinski definition) is 1. The maximum Gasteiger partial charge on any atom is 0.255 e. The lowest BCUT2D eigenvalue weighted by Crippen LogP contribution is -2.33. The van der Waals surface area contributed by atoms with Crippen LogP contribution in [0.2, 0.25) is 0 Å². The molecule has 0 aliphatic carbocycles. The van der Waals surface area contributed by atoms with E-state index in [1.807, 2.05) is 0 Å². The lowest BCUT2D eigenvalue weighted by molar-refractivity contribution is 0.102. The molecular weight excluding hydrogens is 457 g/mol. The fourth-order valence-corrected chi connectivity index (χ4v) is 5.82. The molecular formula is C21H28FN3O5S2. The van der Waals surface area contributed by atoms with E-state index in [-0.39, 0.29) is 29.6 Å². The van der Waals surface area contributed by atoms with Crippen molar-refractivity contribution in [2.75, 3.05) is 25.5 Å². The second-order valence-electron chi connectivity index (χ2n) is 7.33. The van der Waals surface area contributed by atoms with E-state index in [1.54, 1.807) is 27.7 Å². The summed E-state index contributed by atoms with van der Waals surface area (Å²) < 4.78 is 67.0. The van der Waals surface area contributed by atoms with Crippen molar-refractivity contribution in [3.63, 3.8) is 0 Å². The zero-order valence-corrected chi connectivity index (χ0v) is 20.3.